The van der Waals surface area contributed by atoms with Crippen molar-refractivity contribution in [2.75, 3.05) is 18.0 Å². The average Bonchev–Trinajstić information content (AvgIpc) is 3.09. The van der Waals surface area contributed by atoms with Crippen molar-refractivity contribution in [3.63, 3.8) is 0 Å². The van der Waals surface area contributed by atoms with Gasteiger partial charge in [0.25, 0.3) is 5.91 Å². The Labute approximate surface area is 147 Å². The summed E-state index contributed by atoms with van der Waals surface area (Å²) in [7, 11) is 0. The number of rotatable bonds is 5. The molecule has 3 heterocycles. The molecule has 0 aliphatic carbocycles. The number of aromatic nitrogens is 3. The van der Waals surface area contributed by atoms with E-state index in [4.69, 9.17) is 4.52 Å². The fraction of sp³-hybridized carbons (Fsp3) is 0.556. The first-order chi connectivity index (χ1) is 12.0. The minimum absolute atomic E-state index is 0.172. The molecule has 7 nitrogen and oxygen atoms in total. The zero-order valence-electron chi connectivity index (χ0n) is 15.0. The van der Waals surface area contributed by atoms with Gasteiger partial charge in [-0.2, -0.15) is 4.98 Å². The van der Waals surface area contributed by atoms with Gasteiger partial charge in [-0.25, -0.2) is 4.98 Å². The second-order valence-corrected chi connectivity index (χ2v) is 6.98. The van der Waals surface area contributed by atoms with Crippen LogP contribution in [0.1, 0.15) is 61.6 Å². The van der Waals surface area contributed by atoms with Crippen molar-refractivity contribution >= 4 is 11.7 Å². The number of piperidine rings is 1. The zero-order valence-corrected chi connectivity index (χ0v) is 15.0. The molecule has 2 aromatic rings. The normalized spacial score (nSPS) is 17.8. The Bertz CT molecular complexity index is 711. The van der Waals surface area contributed by atoms with E-state index in [0.29, 0.717) is 23.2 Å². The molecule has 0 saturated carbocycles. The van der Waals surface area contributed by atoms with E-state index in [1.807, 2.05) is 26.0 Å². The van der Waals surface area contributed by atoms with E-state index in [9.17, 15) is 4.79 Å². The molecule has 0 bridgehead atoms. The van der Waals surface area contributed by atoms with Crippen LogP contribution in [-0.2, 0) is 6.54 Å². The Hall–Kier alpha value is -2.44. The van der Waals surface area contributed by atoms with Gasteiger partial charge < -0.3 is 14.7 Å². The highest BCUT2D eigenvalue weighted by molar-refractivity contribution is 5.93. The summed E-state index contributed by atoms with van der Waals surface area (Å²) in [5, 5.41) is 6.66. The summed E-state index contributed by atoms with van der Waals surface area (Å²) < 4.78 is 5.13. The molecule has 7 heteroatoms. The number of hydrogen-bond acceptors (Lipinski definition) is 6. The molecule has 1 aliphatic heterocycles. The lowest BCUT2D eigenvalue weighted by Gasteiger charge is -2.31. The highest BCUT2D eigenvalue weighted by atomic mass is 16.5. The second-order valence-electron chi connectivity index (χ2n) is 6.98. The van der Waals surface area contributed by atoms with E-state index in [1.165, 1.54) is 12.8 Å². The van der Waals surface area contributed by atoms with Crippen molar-refractivity contribution in [2.24, 2.45) is 5.92 Å². The summed E-state index contributed by atoms with van der Waals surface area (Å²) in [6.07, 6.45) is 4.08. The van der Waals surface area contributed by atoms with Crippen LogP contribution in [0.4, 0.5) is 5.82 Å². The standard InChI is InChI=1S/C18H25N5O2/c1-12(2)18-21-15(22-25-18)10-20-17(24)14-6-7-16(19-9-14)23-8-4-5-13(3)11-23/h6-7,9,12-13H,4-5,8,10-11H2,1-3H3,(H,20,24)/t13-/m0/s1. The third-order valence-corrected chi connectivity index (χ3v) is 4.38. The van der Waals surface area contributed by atoms with Gasteiger partial charge in [-0.05, 0) is 30.9 Å². The van der Waals surface area contributed by atoms with Crippen molar-refractivity contribution in [3.05, 3.63) is 35.6 Å². The van der Waals surface area contributed by atoms with Gasteiger partial charge in [0.2, 0.25) is 5.89 Å². The molecule has 2 aromatic heterocycles. The molecule has 1 amide bonds. The molecule has 0 unspecified atom stereocenters. The van der Waals surface area contributed by atoms with Crippen molar-refractivity contribution < 1.29 is 9.32 Å². The summed E-state index contributed by atoms with van der Waals surface area (Å²) in [5.41, 5.74) is 0.529. The van der Waals surface area contributed by atoms with Crippen LogP contribution in [0.2, 0.25) is 0 Å². The highest BCUT2D eigenvalue weighted by Crippen LogP contribution is 2.21. The fourth-order valence-electron chi connectivity index (χ4n) is 2.94. The number of nitrogens with zero attached hydrogens (tertiary/aromatic N) is 4. The van der Waals surface area contributed by atoms with Gasteiger partial charge in [0.15, 0.2) is 5.82 Å². The molecule has 1 N–H and O–H groups in total. The van der Waals surface area contributed by atoms with Gasteiger partial charge in [0.1, 0.15) is 5.82 Å². The molecular weight excluding hydrogens is 318 g/mol. The number of pyridine rings is 1. The molecule has 134 valence electrons. The maximum absolute atomic E-state index is 12.2. The third kappa shape index (κ3) is 4.35. The largest absolute Gasteiger partial charge is 0.356 e. The number of anilines is 1. The molecule has 1 atom stereocenters. The molecule has 3 rings (SSSR count). The quantitative estimate of drug-likeness (QED) is 0.898. The zero-order chi connectivity index (χ0) is 17.8. The van der Waals surface area contributed by atoms with E-state index in [1.54, 1.807) is 6.20 Å². The van der Waals surface area contributed by atoms with Gasteiger partial charge in [0.05, 0.1) is 12.1 Å². The maximum Gasteiger partial charge on any atom is 0.253 e. The smallest absolute Gasteiger partial charge is 0.253 e. The topological polar surface area (TPSA) is 84.2 Å². The molecule has 1 saturated heterocycles. The summed E-state index contributed by atoms with van der Waals surface area (Å²) in [6.45, 7) is 8.50. The summed E-state index contributed by atoms with van der Waals surface area (Å²) in [6, 6.07) is 3.73. The average molecular weight is 343 g/mol. The first-order valence-electron chi connectivity index (χ1n) is 8.84. The Balaban J connectivity index is 1.56. The monoisotopic (exact) mass is 343 g/mol. The van der Waals surface area contributed by atoms with Crippen LogP contribution >= 0.6 is 0 Å². The van der Waals surface area contributed by atoms with E-state index >= 15 is 0 Å². The van der Waals surface area contributed by atoms with Crippen LogP contribution < -0.4 is 10.2 Å². The van der Waals surface area contributed by atoms with Gasteiger partial charge in [0, 0.05) is 25.2 Å². The Morgan fingerprint density at radius 3 is 2.92 bits per heavy atom. The minimum Gasteiger partial charge on any atom is -0.356 e. The van der Waals surface area contributed by atoms with Crippen LogP contribution in [0.25, 0.3) is 0 Å². The number of amides is 1. The summed E-state index contributed by atoms with van der Waals surface area (Å²) >= 11 is 0. The number of carbonyl (C=O) groups is 1. The fourth-order valence-corrected chi connectivity index (χ4v) is 2.94. The van der Waals surface area contributed by atoms with Gasteiger partial charge in [-0.1, -0.05) is 25.9 Å². The molecule has 25 heavy (non-hydrogen) atoms. The van der Waals surface area contributed by atoms with Crippen LogP contribution in [0.3, 0.4) is 0 Å². The Morgan fingerprint density at radius 2 is 2.28 bits per heavy atom. The lowest BCUT2D eigenvalue weighted by molar-refractivity contribution is 0.0949. The SMILES string of the molecule is CC(C)c1nc(CNC(=O)c2ccc(N3CCC[C@H](C)C3)nc2)no1. The van der Waals surface area contributed by atoms with E-state index < -0.39 is 0 Å². The van der Waals surface area contributed by atoms with Gasteiger partial charge >= 0.3 is 0 Å². The first kappa shape index (κ1) is 17.4. The molecule has 0 radical (unpaired) electrons. The van der Waals surface area contributed by atoms with E-state index in [0.717, 1.165) is 18.9 Å². The maximum atomic E-state index is 12.2. The first-order valence-corrected chi connectivity index (χ1v) is 8.84. The number of carbonyl (C=O) groups excluding carboxylic acids is 1. The summed E-state index contributed by atoms with van der Waals surface area (Å²) in [5.74, 6) is 2.65. The van der Waals surface area contributed by atoms with Crippen molar-refractivity contribution in [3.8, 4) is 0 Å². The van der Waals surface area contributed by atoms with Gasteiger partial charge in [-0.15, -0.1) is 0 Å². The van der Waals surface area contributed by atoms with E-state index in [2.05, 4.69) is 32.3 Å². The Kier molecular flexibility index (Phi) is 5.31. The predicted octanol–water partition coefficient (Wildman–Crippen LogP) is 2.75. The van der Waals surface area contributed by atoms with E-state index in [-0.39, 0.29) is 18.4 Å². The molecule has 0 aromatic carbocycles. The number of hydrogen-bond donors (Lipinski definition) is 1. The van der Waals surface area contributed by atoms with Crippen molar-refractivity contribution in [2.45, 2.75) is 46.1 Å². The molecular formula is C18H25N5O2. The lowest BCUT2D eigenvalue weighted by atomic mass is 10.0. The second kappa shape index (κ2) is 7.63. The summed E-state index contributed by atoms with van der Waals surface area (Å²) in [4.78, 5) is 23.2. The molecule has 1 fully saturated rings. The van der Waals surface area contributed by atoms with Crippen LogP contribution in [0, 0.1) is 5.92 Å². The van der Waals surface area contributed by atoms with Gasteiger partial charge in [-0.3, -0.25) is 4.79 Å². The van der Waals surface area contributed by atoms with Crippen molar-refractivity contribution in [1.82, 2.24) is 20.4 Å². The number of nitrogens with one attached hydrogen (secondary N) is 1. The molecule has 1 aliphatic rings. The highest BCUT2D eigenvalue weighted by Gasteiger charge is 2.18. The van der Waals surface area contributed by atoms with Crippen LogP contribution in [0.15, 0.2) is 22.9 Å². The van der Waals surface area contributed by atoms with Crippen molar-refractivity contribution in [1.29, 1.82) is 0 Å². The van der Waals surface area contributed by atoms with Crippen LogP contribution in [-0.4, -0.2) is 34.1 Å². The Morgan fingerprint density at radius 1 is 1.44 bits per heavy atom. The third-order valence-electron chi connectivity index (χ3n) is 4.38. The lowest BCUT2D eigenvalue weighted by Crippen LogP contribution is -2.34. The molecule has 0 spiro atoms. The minimum atomic E-state index is -0.193. The predicted molar refractivity (Wildman–Crippen MR) is 94.4 cm³/mol. The van der Waals surface area contributed by atoms with Crippen LogP contribution in [0.5, 0.6) is 0 Å².